The summed E-state index contributed by atoms with van der Waals surface area (Å²) in [4.78, 5) is 18.2. The van der Waals surface area contributed by atoms with Crippen molar-refractivity contribution in [3.63, 3.8) is 0 Å². The van der Waals surface area contributed by atoms with E-state index in [4.69, 9.17) is 4.42 Å². The highest BCUT2D eigenvalue weighted by atomic mass is 32.2. The summed E-state index contributed by atoms with van der Waals surface area (Å²) in [6.07, 6.45) is 3.92. The van der Waals surface area contributed by atoms with Gasteiger partial charge in [0.2, 0.25) is 0 Å². The number of rotatable bonds is 7. The van der Waals surface area contributed by atoms with Crippen LogP contribution in [0.25, 0.3) is 10.9 Å². The Balaban J connectivity index is 1.13. The monoisotopic (exact) mass is 450 g/mol. The van der Waals surface area contributed by atoms with E-state index in [2.05, 4.69) is 25.4 Å². The van der Waals surface area contributed by atoms with Crippen LogP contribution >= 0.6 is 11.8 Å². The van der Waals surface area contributed by atoms with Gasteiger partial charge < -0.3 is 19.3 Å². The molecule has 1 aliphatic heterocycles. The van der Waals surface area contributed by atoms with Crippen molar-refractivity contribution in [1.29, 1.82) is 0 Å². The molecule has 1 aliphatic rings. The second-order valence-electron chi connectivity index (χ2n) is 8.27. The number of nitrogens with zero attached hydrogens (tertiary/aromatic N) is 4. The van der Waals surface area contributed by atoms with Gasteiger partial charge >= 0.3 is 0 Å². The third kappa shape index (κ3) is 4.73. The lowest BCUT2D eigenvalue weighted by Crippen LogP contribution is -2.40. The maximum atomic E-state index is 12.6. The normalized spacial score (nSPS) is 17.1. The summed E-state index contributed by atoms with van der Waals surface area (Å²) in [6.45, 7) is 3.43. The minimum atomic E-state index is -0.0465. The first-order valence-corrected chi connectivity index (χ1v) is 11.6. The molecule has 1 aromatic carbocycles. The lowest BCUT2D eigenvalue weighted by molar-refractivity contribution is 0.0923. The van der Waals surface area contributed by atoms with Crippen LogP contribution in [-0.4, -0.2) is 50.2 Å². The van der Waals surface area contributed by atoms with Gasteiger partial charge in [0.25, 0.3) is 5.91 Å². The molecule has 1 amide bonds. The van der Waals surface area contributed by atoms with E-state index in [0.29, 0.717) is 18.2 Å². The molecule has 4 aromatic rings. The molecule has 0 unspecified atom stereocenters. The number of likely N-dealkylation sites (tertiary alicyclic amines) is 1. The lowest BCUT2D eigenvalue weighted by atomic mass is 9.98. The van der Waals surface area contributed by atoms with Gasteiger partial charge in [0.1, 0.15) is 17.8 Å². The van der Waals surface area contributed by atoms with Gasteiger partial charge in [-0.3, -0.25) is 9.69 Å². The first-order chi connectivity index (χ1) is 15.6. The van der Waals surface area contributed by atoms with Crippen LogP contribution < -0.4 is 5.32 Å². The van der Waals surface area contributed by atoms with Gasteiger partial charge in [0, 0.05) is 31.0 Å². The Kier molecular flexibility index (Phi) is 6.00. The van der Waals surface area contributed by atoms with E-state index in [0.717, 1.165) is 59.4 Å². The first-order valence-electron chi connectivity index (χ1n) is 10.8. The van der Waals surface area contributed by atoms with Crippen molar-refractivity contribution in [2.75, 3.05) is 19.6 Å². The third-order valence-electron chi connectivity index (χ3n) is 5.81. The van der Waals surface area contributed by atoms with Crippen LogP contribution in [0.5, 0.6) is 0 Å². The summed E-state index contributed by atoms with van der Waals surface area (Å²) in [5, 5.41) is 13.8. The molecule has 3 aromatic heterocycles. The van der Waals surface area contributed by atoms with Crippen molar-refractivity contribution >= 4 is 28.6 Å². The van der Waals surface area contributed by atoms with Gasteiger partial charge in [-0.1, -0.05) is 18.2 Å². The summed E-state index contributed by atoms with van der Waals surface area (Å²) >= 11 is 1.47. The average Bonchev–Trinajstić information content (AvgIpc) is 3.53. The predicted molar refractivity (Wildman–Crippen MR) is 122 cm³/mol. The fraction of sp³-hybridized carbons (Fsp3) is 0.348. The van der Waals surface area contributed by atoms with E-state index in [1.54, 1.807) is 6.33 Å². The SMILES string of the molecule is Cn1cnnc1Sc1ccc(CN2CCC[C@H](CNC(=O)c3cc4ccccc4[nH]3)C2)o1. The number of hydrogen-bond donors (Lipinski definition) is 2. The molecule has 2 N–H and O–H groups in total. The Bertz CT molecular complexity index is 1180. The molecule has 1 fully saturated rings. The quantitative estimate of drug-likeness (QED) is 0.446. The van der Waals surface area contributed by atoms with Crippen molar-refractivity contribution in [3.8, 4) is 0 Å². The standard InChI is InChI=1S/C23H26N6O2S/c1-28-15-25-27-23(28)32-21-9-8-18(31-21)14-29-10-4-5-16(13-29)12-24-22(30)20-11-17-6-2-3-7-19(17)26-20/h2-3,6-9,11,15-16,26H,4-5,10,12-14H2,1H3,(H,24,30)/t16-/m1/s1. The summed E-state index contributed by atoms with van der Waals surface area (Å²) in [5.41, 5.74) is 1.60. The van der Waals surface area contributed by atoms with Crippen LogP contribution in [-0.2, 0) is 13.6 Å². The third-order valence-corrected chi connectivity index (χ3v) is 6.78. The Morgan fingerprint density at radius 1 is 1.31 bits per heavy atom. The van der Waals surface area contributed by atoms with Gasteiger partial charge in [-0.15, -0.1) is 10.2 Å². The van der Waals surface area contributed by atoms with E-state index in [1.165, 1.54) is 11.8 Å². The number of aryl methyl sites for hydroxylation is 1. The van der Waals surface area contributed by atoms with Crippen LogP contribution in [0.1, 0.15) is 29.1 Å². The van der Waals surface area contributed by atoms with Gasteiger partial charge in [0.15, 0.2) is 10.2 Å². The fourth-order valence-corrected chi connectivity index (χ4v) is 4.91. The summed E-state index contributed by atoms with van der Waals surface area (Å²) in [6, 6.07) is 13.9. The number of H-pyrrole nitrogens is 1. The molecular weight excluding hydrogens is 424 g/mol. The van der Waals surface area contributed by atoms with E-state index >= 15 is 0 Å². The minimum absolute atomic E-state index is 0.0465. The topological polar surface area (TPSA) is 92.0 Å². The minimum Gasteiger partial charge on any atom is -0.453 e. The number of aromatic amines is 1. The second-order valence-corrected chi connectivity index (χ2v) is 9.24. The first kappa shape index (κ1) is 20.8. The number of benzene rings is 1. The smallest absolute Gasteiger partial charge is 0.267 e. The fourth-order valence-electron chi connectivity index (χ4n) is 4.16. The zero-order valence-corrected chi connectivity index (χ0v) is 18.8. The van der Waals surface area contributed by atoms with E-state index in [-0.39, 0.29) is 5.91 Å². The maximum absolute atomic E-state index is 12.6. The second kappa shape index (κ2) is 9.22. The Morgan fingerprint density at radius 3 is 3.06 bits per heavy atom. The Hall–Kier alpha value is -3.04. The van der Waals surface area contributed by atoms with Gasteiger partial charge in [-0.05, 0) is 61.3 Å². The number of para-hydroxylation sites is 1. The molecule has 0 saturated carbocycles. The number of furan rings is 1. The van der Waals surface area contributed by atoms with Crippen molar-refractivity contribution in [1.82, 2.24) is 30.0 Å². The van der Waals surface area contributed by atoms with E-state index < -0.39 is 0 Å². The Labute approximate surface area is 190 Å². The summed E-state index contributed by atoms with van der Waals surface area (Å²) in [5.74, 6) is 1.33. The molecular formula is C23H26N6O2S. The van der Waals surface area contributed by atoms with E-state index in [1.807, 2.05) is 54.1 Å². The van der Waals surface area contributed by atoms with Gasteiger partial charge in [0.05, 0.1) is 6.54 Å². The zero-order valence-electron chi connectivity index (χ0n) is 18.0. The molecule has 4 heterocycles. The average molecular weight is 451 g/mol. The van der Waals surface area contributed by atoms with Crippen LogP contribution in [0.2, 0.25) is 0 Å². The highest BCUT2D eigenvalue weighted by Gasteiger charge is 2.22. The van der Waals surface area contributed by atoms with Crippen molar-refractivity contribution in [3.05, 3.63) is 60.2 Å². The van der Waals surface area contributed by atoms with Crippen molar-refractivity contribution in [2.45, 2.75) is 29.6 Å². The highest BCUT2D eigenvalue weighted by Crippen LogP contribution is 2.28. The van der Waals surface area contributed by atoms with Crippen LogP contribution in [0, 0.1) is 5.92 Å². The molecule has 1 saturated heterocycles. The largest absolute Gasteiger partial charge is 0.453 e. The summed E-state index contributed by atoms with van der Waals surface area (Å²) < 4.78 is 7.87. The van der Waals surface area contributed by atoms with Gasteiger partial charge in [-0.25, -0.2) is 0 Å². The molecule has 0 aliphatic carbocycles. The molecule has 9 heteroatoms. The van der Waals surface area contributed by atoms with Crippen LogP contribution in [0.4, 0.5) is 0 Å². The van der Waals surface area contributed by atoms with Gasteiger partial charge in [-0.2, -0.15) is 0 Å². The molecule has 0 bridgehead atoms. The number of amides is 1. The summed E-state index contributed by atoms with van der Waals surface area (Å²) in [7, 11) is 1.91. The number of aromatic nitrogens is 4. The highest BCUT2D eigenvalue weighted by molar-refractivity contribution is 7.99. The van der Waals surface area contributed by atoms with Crippen LogP contribution in [0.15, 0.2) is 63.5 Å². The number of piperidine rings is 1. The Morgan fingerprint density at radius 2 is 2.22 bits per heavy atom. The number of nitrogens with one attached hydrogen (secondary N) is 2. The number of carbonyl (C=O) groups excluding carboxylic acids is 1. The molecule has 0 radical (unpaired) electrons. The molecule has 1 atom stereocenters. The molecule has 0 spiro atoms. The van der Waals surface area contributed by atoms with Crippen molar-refractivity contribution in [2.24, 2.45) is 13.0 Å². The molecule has 5 rings (SSSR count). The molecule has 8 nitrogen and oxygen atoms in total. The number of hydrogen-bond acceptors (Lipinski definition) is 6. The molecule has 166 valence electrons. The van der Waals surface area contributed by atoms with E-state index in [9.17, 15) is 4.79 Å². The molecule has 32 heavy (non-hydrogen) atoms. The predicted octanol–water partition coefficient (Wildman–Crippen LogP) is 3.68. The van der Waals surface area contributed by atoms with Crippen molar-refractivity contribution < 1.29 is 9.21 Å². The maximum Gasteiger partial charge on any atom is 0.267 e. The number of carbonyl (C=O) groups is 1. The zero-order chi connectivity index (χ0) is 21.9. The lowest BCUT2D eigenvalue weighted by Gasteiger charge is -2.32. The number of fused-ring (bicyclic) bond motifs is 1. The van der Waals surface area contributed by atoms with Crippen LogP contribution in [0.3, 0.4) is 0 Å².